The number of hydrogen-bond donors (Lipinski definition) is 3. The quantitative estimate of drug-likeness (QED) is 0.251. The summed E-state index contributed by atoms with van der Waals surface area (Å²) in [5.41, 5.74) is 7.86. The molecule has 1 aliphatic carbocycles. The zero-order valence-electron chi connectivity index (χ0n) is 23.1. The molecule has 214 valence electrons. The highest BCUT2D eigenvalue weighted by molar-refractivity contribution is 6.00. The van der Waals surface area contributed by atoms with Gasteiger partial charge in [-0.1, -0.05) is 31.4 Å². The van der Waals surface area contributed by atoms with E-state index in [1.807, 2.05) is 12.1 Å². The summed E-state index contributed by atoms with van der Waals surface area (Å²) < 4.78 is 13.1. The largest absolute Gasteiger partial charge is 0.478 e. The molecule has 0 spiro atoms. The summed E-state index contributed by atoms with van der Waals surface area (Å²) in [7, 11) is 0. The number of nitrogens with one attached hydrogen (secondary N) is 1. The van der Waals surface area contributed by atoms with Crippen molar-refractivity contribution in [2.24, 2.45) is 5.73 Å². The van der Waals surface area contributed by atoms with E-state index in [4.69, 9.17) is 19.9 Å². The first kappa shape index (κ1) is 27.9. The molecule has 1 aliphatic rings. The van der Waals surface area contributed by atoms with Crippen molar-refractivity contribution >= 4 is 28.8 Å². The number of primary amides is 1. The van der Waals surface area contributed by atoms with Gasteiger partial charge in [0.1, 0.15) is 23.9 Å². The van der Waals surface area contributed by atoms with Crippen LogP contribution in [0.25, 0.3) is 22.4 Å². The number of ether oxygens (including phenoxy) is 1. The fourth-order valence-electron chi connectivity index (χ4n) is 5.28. The van der Waals surface area contributed by atoms with E-state index in [1.54, 1.807) is 48.9 Å². The van der Waals surface area contributed by atoms with Crippen LogP contribution in [0.4, 0.5) is 0 Å². The summed E-state index contributed by atoms with van der Waals surface area (Å²) >= 11 is 0. The fraction of sp³-hybridized carbons (Fsp3) is 0.355. The van der Waals surface area contributed by atoms with Gasteiger partial charge in [0.25, 0.3) is 5.91 Å². The number of aliphatic carboxylic acids is 1. The maximum absolute atomic E-state index is 13.2. The second-order valence-corrected chi connectivity index (χ2v) is 11.0. The number of carbonyl (C=O) groups is 3. The minimum Gasteiger partial charge on any atom is -0.478 e. The van der Waals surface area contributed by atoms with Gasteiger partial charge in [0, 0.05) is 18.0 Å². The average Bonchev–Trinajstić information content (AvgIpc) is 3.61. The van der Waals surface area contributed by atoms with Gasteiger partial charge in [0.15, 0.2) is 5.60 Å². The molecule has 1 atom stereocenters. The smallest absolute Gasteiger partial charge is 0.347 e. The highest BCUT2D eigenvalue weighted by Crippen LogP contribution is 2.36. The molecule has 0 radical (unpaired) electrons. The minimum absolute atomic E-state index is 0.160. The SMILES string of the molecule is CC(C)(Oc1ccc(CC(NC(=O)c2ccc3c(c2)nc(-c2ccoc2)n3C2CCCCC2)C(N)=O)cc1)C(=O)O. The second kappa shape index (κ2) is 11.5. The Morgan fingerprint density at radius 1 is 1.12 bits per heavy atom. The third kappa shape index (κ3) is 6.11. The summed E-state index contributed by atoms with van der Waals surface area (Å²) in [6.45, 7) is 2.91. The van der Waals surface area contributed by atoms with Gasteiger partial charge in [-0.25, -0.2) is 9.78 Å². The third-order valence-corrected chi connectivity index (χ3v) is 7.57. The Balaban J connectivity index is 1.34. The summed E-state index contributed by atoms with van der Waals surface area (Å²) in [4.78, 5) is 41.7. The van der Waals surface area contributed by atoms with E-state index in [0.717, 1.165) is 35.3 Å². The molecule has 5 rings (SSSR count). The summed E-state index contributed by atoms with van der Waals surface area (Å²) in [6, 6.07) is 13.3. The van der Waals surface area contributed by atoms with Crippen LogP contribution in [0.3, 0.4) is 0 Å². The van der Waals surface area contributed by atoms with Crippen LogP contribution in [0.15, 0.2) is 65.5 Å². The van der Waals surface area contributed by atoms with E-state index in [1.165, 1.54) is 33.1 Å². The van der Waals surface area contributed by atoms with Crippen LogP contribution in [0, 0.1) is 0 Å². The predicted octanol–water partition coefficient (Wildman–Crippen LogP) is 4.87. The number of amides is 2. The number of hydrogen-bond acceptors (Lipinski definition) is 6. The molecule has 0 aliphatic heterocycles. The standard InChI is InChI=1S/C31H34N4O6/c1-31(2,30(38)39)41-23-11-8-19(9-12-23)16-25(27(32)36)34-29(37)20-10-13-26-24(17-20)33-28(21-14-15-40-18-21)35(26)22-6-4-3-5-7-22/h8-15,17-18,22,25H,3-7,16H2,1-2H3,(H2,32,36)(H,34,37)(H,38,39). The van der Waals surface area contributed by atoms with Crippen LogP contribution >= 0.6 is 0 Å². The van der Waals surface area contributed by atoms with Gasteiger partial charge in [-0.05, 0) is 68.7 Å². The number of nitrogens with two attached hydrogens (primary N) is 1. The Bertz CT molecular complexity index is 1550. The number of furan rings is 1. The molecule has 2 heterocycles. The summed E-state index contributed by atoms with van der Waals surface area (Å²) in [5.74, 6) is -1.01. The number of aromatic nitrogens is 2. The van der Waals surface area contributed by atoms with Gasteiger partial charge < -0.3 is 29.9 Å². The van der Waals surface area contributed by atoms with E-state index in [-0.39, 0.29) is 6.42 Å². The minimum atomic E-state index is -1.39. The normalized spacial score (nSPS) is 15.0. The van der Waals surface area contributed by atoms with E-state index in [2.05, 4.69) is 9.88 Å². The molecule has 0 bridgehead atoms. The first-order valence-electron chi connectivity index (χ1n) is 13.8. The molecule has 1 saturated carbocycles. The van der Waals surface area contributed by atoms with Crippen LogP contribution in [0.5, 0.6) is 5.75 Å². The van der Waals surface area contributed by atoms with E-state index in [0.29, 0.717) is 22.9 Å². The molecule has 41 heavy (non-hydrogen) atoms. The highest BCUT2D eigenvalue weighted by Gasteiger charge is 2.29. The van der Waals surface area contributed by atoms with E-state index >= 15 is 0 Å². The lowest BCUT2D eigenvalue weighted by Crippen LogP contribution is -2.45. The molecule has 4 N–H and O–H groups in total. The lowest BCUT2D eigenvalue weighted by Gasteiger charge is -2.25. The van der Waals surface area contributed by atoms with Gasteiger partial charge in [0.05, 0.1) is 22.9 Å². The molecule has 10 heteroatoms. The van der Waals surface area contributed by atoms with Gasteiger partial charge >= 0.3 is 5.97 Å². The molecule has 0 saturated heterocycles. The molecule has 2 amide bonds. The van der Waals surface area contributed by atoms with Crippen molar-refractivity contribution in [3.63, 3.8) is 0 Å². The monoisotopic (exact) mass is 558 g/mol. The third-order valence-electron chi connectivity index (χ3n) is 7.57. The number of benzene rings is 2. The Morgan fingerprint density at radius 3 is 2.49 bits per heavy atom. The second-order valence-electron chi connectivity index (χ2n) is 11.0. The van der Waals surface area contributed by atoms with Crippen molar-refractivity contribution in [1.82, 2.24) is 14.9 Å². The molecular formula is C31H34N4O6. The van der Waals surface area contributed by atoms with Gasteiger partial charge in [-0.2, -0.15) is 0 Å². The predicted molar refractivity (Wildman–Crippen MR) is 152 cm³/mol. The molecule has 1 fully saturated rings. The maximum atomic E-state index is 13.2. The number of imidazole rings is 1. The van der Waals surface area contributed by atoms with Crippen molar-refractivity contribution in [3.05, 3.63) is 72.2 Å². The number of carboxylic acids is 1. The maximum Gasteiger partial charge on any atom is 0.347 e. The van der Waals surface area contributed by atoms with Crippen molar-refractivity contribution in [2.75, 3.05) is 0 Å². The number of rotatable bonds is 10. The number of carboxylic acid groups (broad SMARTS) is 1. The van der Waals surface area contributed by atoms with E-state index < -0.39 is 29.4 Å². The van der Waals surface area contributed by atoms with Crippen molar-refractivity contribution in [2.45, 2.75) is 70.1 Å². The number of carbonyl (C=O) groups excluding carboxylic acids is 2. The Labute approximate surface area is 237 Å². The summed E-state index contributed by atoms with van der Waals surface area (Å²) in [6.07, 6.45) is 9.17. The van der Waals surface area contributed by atoms with Gasteiger partial charge in [-0.15, -0.1) is 0 Å². The molecule has 4 aromatic rings. The molecule has 2 aromatic heterocycles. The Kier molecular flexibility index (Phi) is 7.83. The van der Waals surface area contributed by atoms with Crippen molar-refractivity contribution < 1.29 is 28.6 Å². The zero-order valence-corrected chi connectivity index (χ0v) is 23.1. The Hall–Kier alpha value is -4.60. The van der Waals surface area contributed by atoms with Crippen molar-refractivity contribution in [1.29, 1.82) is 0 Å². The van der Waals surface area contributed by atoms with Crippen LogP contribution in [-0.4, -0.2) is 44.1 Å². The van der Waals surface area contributed by atoms with Crippen LogP contribution in [-0.2, 0) is 16.0 Å². The van der Waals surface area contributed by atoms with Gasteiger partial charge in [-0.3, -0.25) is 9.59 Å². The summed E-state index contributed by atoms with van der Waals surface area (Å²) in [5, 5.41) is 12.0. The van der Waals surface area contributed by atoms with Gasteiger partial charge in [0.2, 0.25) is 5.91 Å². The average molecular weight is 559 g/mol. The Morgan fingerprint density at radius 2 is 1.85 bits per heavy atom. The van der Waals surface area contributed by atoms with Crippen LogP contribution in [0.2, 0.25) is 0 Å². The molecule has 2 aromatic carbocycles. The number of nitrogens with zero attached hydrogens (tertiary/aromatic N) is 2. The fourth-order valence-corrected chi connectivity index (χ4v) is 5.28. The lowest BCUT2D eigenvalue weighted by molar-refractivity contribution is -0.152. The van der Waals surface area contributed by atoms with E-state index in [9.17, 15) is 19.5 Å². The topological polar surface area (TPSA) is 150 Å². The molecule has 10 nitrogen and oxygen atoms in total. The van der Waals surface area contributed by atoms with Crippen LogP contribution < -0.4 is 15.8 Å². The highest BCUT2D eigenvalue weighted by atomic mass is 16.5. The number of fused-ring (bicyclic) bond motifs is 1. The first-order chi connectivity index (χ1) is 19.6. The van der Waals surface area contributed by atoms with Crippen molar-refractivity contribution in [3.8, 4) is 17.1 Å². The molecule has 1 unspecified atom stereocenters. The zero-order chi connectivity index (χ0) is 29.1. The lowest BCUT2D eigenvalue weighted by atomic mass is 9.95. The molecular weight excluding hydrogens is 524 g/mol. The first-order valence-corrected chi connectivity index (χ1v) is 13.8. The van der Waals surface area contributed by atoms with Crippen LogP contribution in [0.1, 0.15) is 67.9 Å².